The topological polar surface area (TPSA) is 129 Å². The lowest BCUT2D eigenvalue weighted by atomic mass is 9.80. The number of aromatic nitrogens is 2. The number of rotatable bonds is 8. The van der Waals surface area contributed by atoms with Crippen molar-refractivity contribution in [2.75, 3.05) is 49.1 Å². The van der Waals surface area contributed by atoms with Crippen molar-refractivity contribution in [3.8, 4) is 17.6 Å². The number of sulfonamides is 1. The maximum atomic E-state index is 15.6. The van der Waals surface area contributed by atoms with Gasteiger partial charge in [-0.15, -0.1) is 0 Å². The van der Waals surface area contributed by atoms with Gasteiger partial charge in [-0.3, -0.25) is 19.7 Å². The lowest BCUT2D eigenvalue weighted by Crippen LogP contribution is -2.60. The van der Waals surface area contributed by atoms with Gasteiger partial charge in [0.2, 0.25) is 0 Å². The summed E-state index contributed by atoms with van der Waals surface area (Å²) in [6.07, 6.45) is 3.34. The Labute approximate surface area is 291 Å². The molecule has 0 radical (unpaired) electrons. The first-order valence-corrected chi connectivity index (χ1v) is 17.8. The van der Waals surface area contributed by atoms with Crippen LogP contribution < -0.4 is 18.7 Å². The number of nitrogens with zero attached hydrogens (tertiary/aromatic N) is 6. The average molecular weight is 689 g/mol. The molecular formula is C38H36N6O5S. The summed E-state index contributed by atoms with van der Waals surface area (Å²) in [6.45, 7) is 7.82. The number of aryl methyl sites for hydroxylation is 2. The molecule has 0 bridgehead atoms. The summed E-state index contributed by atoms with van der Waals surface area (Å²) in [5.74, 6) is 0.174. The number of amides is 1. The normalized spacial score (nSPS) is 17.9. The van der Waals surface area contributed by atoms with Gasteiger partial charge in [0.15, 0.2) is 5.54 Å². The van der Waals surface area contributed by atoms with Crippen molar-refractivity contribution in [2.24, 2.45) is 0 Å². The minimum Gasteiger partial charge on any atom is -0.497 e. The van der Waals surface area contributed by atoms with Crippen LogP contribution in [0.25, 0.3) is 10.9 Å². The molecule has 11 nitrogen and oxygen atoms in total. The Morgan fingerprint density at radius 2 is 1.70 bits per heavy atom. The van der Waals surface area contributed by atoms with Crippen molar-refractivity contribution in [2.45, 2.75) is 31.2 Å². The molecule has 254 valence electrons. The van der Waals surface area contributed by atoms with Gasteiger partial charge in [0, 0.05) is 66.5 Å². The number of fused-ring (bicyclic) bond motifs is 2. The van der Waals surface area contributed by atoms with Crippen LogP contribution in [-0.4, -0.2) is 69.1 Å². The third kappa shape index (κ3) is 5.12. The van der Waals surface area contributed by atoms with E-state index in [1.54, 1.807) is 48.8 Å². The third-order valence-corrected chi connectivity index (χ3v) is 11.3. The molecule has 0 aliphatic carbocycles. The molecule has 2 aliphatic heterocycles. The van der Waals surface area contributed by atoms with Crippen LogP contribution in [0.2, 0.25) is 0 Å². The molecule has 0 spiro atoms. The van der Waals surface area contributed by atoms with E-state index < -0.39 is 21.5 Å². The summed E-state index contributed by atoms with van der Waals surface area (Å²) in [4.78, 5) is 28.6. The highest BCUT2D eigenvalue weighted by Crippen LogP contribution is 2.54. The minimum atomic E-state index is -4.56. The van der Waals surface area contributed by atoms with Gasteiger partial charge in [-0.2, -0.15) is 5.26 Å². The molecule has 12 heteroatoms. The highest BCUT2D eigenvalue weighted by molar-refractivity contribution is 7.93. The number of pyridine rings is 2. The Hall–Kier alpha value is -5.51. The molecule has 1 atom stereocenters. The molecule has 5 aromatic rings. The lowest BCUT2D eigenvalue weighted by molar-refractivity contribution is -0.127. The van der Waals surface area contributed by atoms with Gasteiger partial charge in [0.05, 0.1) is 36.6 Å². The van der Waals surface area contributed by atoms with Crippen LogP contribution >= 0.6 is 0 Å². The van der Waals surface area contributed by atoms with Gasteiger partial charge in [0.25, 0.3) is 15.9 Å². The molecule has 2 aromatic heterocycles. The number of hydrogen-bond acceptors (Lipinski definition) is 10. The number of ether oxygens (including phenoxy) is 2. The second-order valence-electron chi connectivity index (χ2n) is 12.3. The van der Waals surface area contributed by atoms with E-state index in [1.165, 1.54) is 19.2 Å². The molecule has 1 fully saturated rings. The summed E-state index contributed by atoms with van der Waals surface area (Å²) >= 11 is 0. The van der Waals surface area contributed by atoms with Gasteiger partial charge in [-0.05, 0) is 87.0 Å². The van der Waals surface area contributed by atoms with Crippen LogP contribution in [0.3, 0.4) is 0 Å². The molecule has 4 heterocycles. The van der Waals surface area contributed by atoms with E-state index in [9.17, 15) is 5.26 Å². The van der Waals surface area contributed by atoms with Crippen LogP contribution in [-0.2, 0) is 20.4 Å². The SMILES string of the molecule is CCOc1ccc(OC)cc1C1(N2CCN(c3ccnc(C)c3)CC2)C(=O)N(S(=O)(=O)c2cccc3c(C)ccnc23)c2ccc(C#N)cc21. The number of methoxy groups -OCH3 is 1. The first kappa shape index (κ1) is 33.0. The monoisotopic (exact) mass is 688 g/mol. The van der Waals surface area contributed by atoms with Crippen molar-refractivity contribution >= 4 is 38.2 Å². The van der Waals surface area contributed by atoms with Gasteiger partial charge >= 0.3 is 0 Å². The molecular weight excluding hydrogens is 653 g/mol. The lowest BCUT2D eigenvalue weighted by Gasteiger charge is -2.46. The van der Waals surface area contributed by atoms with E-state index >= 15 is 13.2 Å². The van der Waals surface area contributed by atoms with Crippen molar-refractivity contribution < 1.29 is 22.7 Å². The molecule has 1 saturated heterocycles. The first-order chi connectivity index (χ1) is 24.1. The van der Waals surface area contributed by atoms with Crippen molar-refractivity contribution in [1.82, 2.24) is 14.9 Å². The fraction of sp³-hybridized carbons (Fsp3) is 0.263. The van der Waals surface area contributed by atoms with Crippen LogP contribution in [0.1, 0.15) is 34.9 Å². The Morgan fingerprint density at radius 3 is 2.42 bits per heavy atom. The van der Waals surface area contributed by atoms with Crippen LogP contribution in [0.15, 0.2) is 90.1 Å². The first-order valence-electron chi connectivity index (χ1n) is 16.4. The second kappa shape index (κ2) is 12.7. The molecule has 1 amide bonds. The summed E-state index contributed by atoms with van der Waals surface area (Å²) in [5, 5.41) is 10.8. The molecule has 7 rings (SSSR count). The maximum absolute atomic E-state index is 15.6. The summed E-state index contributed by atoms with van der Waals surface area (Å²) in [7, 11) is -3.03. The largest absolute Gasteiger partial charge is 0.497 e. The van der Waals surface area contributed by atoms with E-state index in [-0.39, 0.29) is 21.7 Å². The predicted octanol–water partition coefficient (Wildman–Crippen LogP) is 5.33. The second-order valence-corrected chi connectivity index (χ2v) is 14.1. The third-order valence-electron chi connectivity index (χ3n) is 9.57. The van der Waals surface area contributed by atoms with Gasteiger partial charge in [-0.1, -0.05) is 12.1 Å². The standard InChI is InChI=1S/C38H36N6O5S/c1-5-49-34-12-10-29(48-4)23-32(34)38(43-19-17-42(18-20-43)28-14-16-40-26(3)21-28)31-22-27(24-39)9-11-33(31)44(37(38)45)50(46,47)35-8-6-7-30-25(2)13-15-41-36(30)35/h6-16,21-23H,5,17-20H2,1-4H3. The summed E-state index contributed by atoms with van der Waals surface area (Å²) < 4.78 is 42.7. The van der Waals surface area contributed by atoms with Crippen molar-refractivity contribution in [1.29, 1.82) is 5.26 Å². The van der Waals surface area contributed by atoms with Crippen LogP contribution in [0.4, 0.5) is 11.4 Å². The number of hydrogen-bond donors (Lipinski definition) is 0. The highest BCUT2D eigenvalue weighted by Gasteiger charge is 2.61. The number of carbonyl (C=O) groups excluding carboxylic acids is 1. The number of anilines is 2. The number of para-hydroxylation sites is 1. The van der Waals surface area contributed by atoms with Crippen LogP contribution in [0.5, 0.6) is 11.5 Å². The molecule has 2 aliphatic rings. The van der Waals surface area contributed by atoms with E-state index in [2.05, 4.69) is 20.9 Å². The van der Waals surface area contributed by atoms with Crippen LogP contribution in [0, 0.1) is 25.2 Å². The van der Waals surface area contributed by atoms with E-state index in [0.29, 0.717) is 60.8 Å². The zero-order chi connectivity index (χ0) is 35.2. The molecule has 1 unspecified atom stereocenters. The minimum absolute atomic E-state index is 0.0910. The van der Waals surface area contributed by atoms with Crippen molar-refractivity contribution in [3.63, 3.8) is 0 Å². The van der Waals surface area contributed by atoms with E-state index in [1.807, 2.05) is 49.9 Å². The van der Waals surface area contributed by atoms with Gasteiger partial charge in [0.1, 0.15) is 16.4 Å². The Balaban J connectivity index is 1.48. The number of carbonyl (C=O) groups is 1. The number of piperazine rings is 1. The number of benzene rings is 3. The molecule has 3 aromatic carbocycles. The predicted molar refractivity (Wildman–Crippen MR) is 190 cm³/mol. The number of nitriles is 1. The summed E-state index contributed by atoms with van der Waals surface area (Å²) in [5.41, 5.74) is 2.57. The fourth-order valence-corrected chi connectivity index (χ4v) is 8.86. The zero-order valence-corrected chi connectivity index (χ0v) is 29.1. The molecule has 50 heavy (non-hydrogen) atoms. The van der Waals surface area contributed by atoms with Gasteiger partial charge < -0.3 is 14.4 Å². The van der Waals surface area contributed by atoms with Gasteiger partial charge in [-0.25, -0.2) is 12.7 Å². The Morgan fingerprint density at radius 1 is 0.920 bits per heavy atom. The zero-order valence-electron chi connectivity index (χ0n) is 28.3. The Bertz CT molecular complexity index is 2300. The smallest absolute Gasteiger partial charge is 0.273 e. The average Bonchev–Trinajstić information content (AvgIpc) is 3.40. The molecule has 0 saturated carbocycles. The Kier molecular flexibility index (Phi) is 8.41. The summed E-state index contributed by atoms with van der Waals surface area (Å²) in [6, 6.07) is 22.9. The van der Waals surface area contributed by atoms with E-state index in [0.717, 1.165) is 21.2 Å². The maximum Gasteiger partial charge on any atom is 0.273 e. The fourth-order valence-electron chi connectivity index (χ4n) is 7.24. The molecule has 0 N–H and O–H groups in total. The highest BCUT2D eigenvalue weighted by atomic mass is 32.2. The quantitative estimate of drug-likeness (QED) is 0.211. The van der Waals surface area contributed by atoms with E-state index in [4.69, 9.17) is 9.47 Å². The van der Waals surface area contributed by atoms with Crippen molar-refractivity contribution in [3.05, 3.63) is 113 Å².